The molecular formula is C10H13N3O5. The molecule has 1 saturated heterocycles. The van der Waals surface area contributed by atoms with Crippen LogP contribution in [0, 0.1) is 0 Å². The Morgan fingerprint density at radius 1 is 1.39 bits per heavy atom. The fourth-order valence-electron chi connectivity index (χ4n) is 1.50. The molecule has 1 aliphatic rings. The van der Waals surface area contributed by atoms with Gasteiger partial charge < -0.3 is 14.9 Å². The predicted molar refractivity (Wildman–Crippen MR) is 59.5 cm³/mol. The van der Waals surface area contributed by atoms with Crippen LogP contribution in [0.4, 0.5) is 4.79 Å². The zero-order valence-corrected chi connectivity index (χ0v) is 9.59. The Bertz CT molecular complexity index is 384. The first kappa shape index (κ1) is 13.7. The van der Waals surface area contributed by atoms with E-state index in [2.05, 4.69) is 6.58 Å². The quantitative estimate of drug-likeness (QED) is 0.476. The standard InChI is InChI=1S/C10H13N3O5/c1-2-3-12(6-9(16)17)10(18)13-4-7(14)11-8(15)5-13/h2H,1,3-6H2,(H,16,17)(H,11,14,15). The second-order valence-corrected chi connectivity index (χ2v) is 3.67. The second-order valence-electron chi connectivity index (χ2n) is 3.67. The zero-order valence-electron chi connectivity index (χ0n) is 9.59. The van der Waals surface area contributed by atoms with Crippen molar-refractivity contribution in [1.29, 1.82) is 0 Å². The summed E-state index contributed by atoms with van der Waals surface area (Å²) in [5.41, 5.74) is 0. The minimum absolute atomic E-state index is 0.0252. The molecule has 1 rings (SSSR count). The van der Waals surface area contributed by atoms with Gasteiger partial charge in [0.05, 0.1) is 0 Å². The maximum Gasteiger partial charge on any atom is 0.323 e. The maximum atomic E-state index is 11.9. The molecule has 0 aromatic rings. The molecule has 1 heterocycles. The normalized spacial score (nSPS) is 15.0. The lowest BCUT2D eigenvalue weighted by Crippen LogP contribution is -2.57. The van der Waals surface area contributed by atoms with Crippen LogP contribution in [0.5, 0.6) is 0 Å². The van der Waals surface area contributed by atoms with Gasteiger partial charge in [0.15, 0.2) is 0 Å². The summed E-state index contributed by atoms with van der Waals surface area (Å²) >= 11 is 0. The van der Waals surface area contributed by atoms with Crippen molar-refractivity contribution in [2.45, 2.75) is 0 Å². The van der Waals surface area contributed by atoms with Crippen LogP contribution < -0.4 is 5.32 Å². The number of nitrogens with zero attached hydrogens (tertiary/aromatic N) is 2. The molecule has 2 N–H and O–H groups in total. The Kier molecular flexibility index (Phi) is 4.41. The van der Waals surface area contributed by atoms with Crippen LogP contribution in [-0.2, 0) is 14.4 Å². The number of carboxylic acids is 1. The molecule has 4 amide bonds. The summed E-state index contributed by atoms with van der Waals surface area (Å²) in [4.78, 5) is 46.7. The molecule has 0 aromatic carbocycles. The van der Waals surface area contributed by atoms with Crippen LogP contribution in [0.25, 0.3) is 0 Å². The molecule has 0 unspecified atom stereocenters. The smallest absolute Gasteiger partial charge is 0.323 e. The molecular weight excluding hydrogens is 242 g/mol. The molecule has 98 valence electrons. The summed E-state index contributed by atoms with van der Waals surface area (Å²) in [5.74, 6) is -2.36. The van der Waals surface area contributed by atoms with Crippen LogP contribution >= 0.6 is 0 Å². The summed E-state index contributed by atoms with van der Waals surface area (Å²) < 4.78 is 0. The highest BCUT2D eigenvalue weighted by atomic mass is 16.4. The lowest BCUT2D eigenvalue weighted by atomic mass is 10.3. The topological polar surface area (TPSA) is 107 Å². The predicted octanol–water partition coefficient (Wildman–Crippen LogP) is -1.36. The van der Waals surface area contributed by atoms with Crippen molar-refractivity contribution >= 4 is 23.8 Å². The number of rotatable bonds is 4. The maximum absolute atomic E-state index is 11.9. The van der Waals surface area contributed by atoms with Gasteiger partial charge in [-0.05, 0) is 0 Å². The van der Waals surface area contributed by atoms with Crippen molar-refractivity contribution in [2.24, 2.45) is 0 Å². The molecule has 18 heavy (non-hydrogen) atoms. The van der Waals surface area contributed by atoms with E-state index in [-0.39, 0.29) is 19.6 Å². The van der Waals surface area contributed by atoms with Gasteiger partial charge in [-0.15, -0.1) is 6.58 Å². The van der Waals surface area contributed by atoms with Crippen molar-refractivity contribution in [3.8, 4) is 0 Å². The summed E-state index contributed by atoms with van der Waals surface area (Å²) in [7, 11) is 0. The van der Waals surface area contributed by atoms with E-state index in [1.807, 2.05) is 5.32 Å². The van der Waals surface area contributed by atoms with E-state index in [0.717, 1.165) is 9.80 Å². The van der Waals surface area contributed by atoms with Crippen molar-refractivity contribution < 1.29 is 24.3 Å². The first-order chi connectivity index (χ1) is 8.43. The first-order valence-electron chi connectivity index (χ1n) is 5.13. The van der Waals surface area contributed by atoms with Crippen LogP contribution in [0.3, 0.4) is 0 Å². The Labute approximate surface area is 103 Å². The van der Waals surface area contributed by atoms with E-state index in [1.165, 1.54) is 6.08 Å². The van der Waals surface area contributed by atoms with E-state index in [0.29, 0.717) is 0 Å². The van der Waals surface area contributed by atoms with Gasteiger partial charge in [0, 0.05) is 6.54 Å². The Hall–Kier alpha value is -2.38. The molecule has 8 nitrogen and oxygen atoms in total. The van der Waals surface area contributed by atoms with Crippen molar-refractivity contribution in [2.75, 3.05) is 26.2 Å². The second kappa shape index (κ2) is 5.80. The Balaban J connectivity index is 2.75. The molecule has 0 radical (unpaired) electrons. The molecule has 1 fully saturated rings. The monoisotopic (exact) mass is 255 g/mol. The highest BCUT2D eigenvalue weighted by Crippen LogP contribution is 2.02. The number of carbonyl (C=O) groups excluding carboxylic acids is 3. The van der Waals surface area contributed by atoms with Gasteiger partial charge in [-0.3, -0.25) is 19.7 Å². The summed E-state index contributed by atoms with van der Waals surface area (Å²) in [5, 5.41) is 10.7. The number of hydrogen-bond acceptors (Lipinski definition) is 4. The van der Waals surface area contributed by atoms with Gasteiger partial charge in [-0.25, -0.2) is 4.79 Å². The third kappa shape index (κ3) is 3.58. The zero-order chi connectivity index (χ0) is 13.7. The third-order valence-electron chi connectivity index (χ3n) is 2.16. The summed E-state index contributed by atoms with van der Waals surface area (Å²) in [6, 6.07) is -0.680. The van der Waals surface area contributed by atoms with E-state index >= 15 is 0 Å². The highest BCUT2D eigenvalue weighted by molar-refractivity contribution is 6.02. The van der Waals surface area contributed by atoms with Gasteiger partial charge in [-0.2, -0.15) is 0 Å². The largest absolute Gasteiger partial charge is 0.480 e. The van der Waals surface area contributed by atoms with Crippen LogP contribution in [0.2, 0.25) is 0 Å². The van der Waals surface area contributed by atoms with E-state index in [9.17, 15) is 19.2 Å². The van der Waals surface area contributed by atoms with Gasteiger partial charge in [0.2, 0.25) is 11.8 Å². The lowest BCUT2D eigenvalue weighted by molar-refractivity contribution is -0.137. The van der Waals surface area contributed by atoms with Crippen LogP contribution in [-0.4, -0.2) is 64.9 Å². The summed E-state index contributed by atoms with van der Waals surface area (Å²) in [6.45, 7) is 2.39. The molecule has 8 heteroatoms. The highest BCUT2D eigenvalue weighted by Gasteiger charge is 2.29. The Morgan fingerprint density at radius 2 is 1.94 bits per heavy atom. The summed E-state index contributed by atoms with van der Waals surface area (Å²) in [6.07, 6.45) is 1.37. The molecule has 0 bridgehead atoms. The van der Waals surface area contributed by atoms with Crippen molar-refractivity contribution in [3.63, 3.8) is 0 Å². The fourth-order valence-corrected chi connectivity index (χ4v) is 1.50. The van der Waals surface area contributed by atoms with Crippen LogP contribution in [0.1, 0.15) is 0 Å². The molecule has 0 spiro atoms. The van der Waals surface area contributed by atoms with E-state index in [4.69, 9.17) is 5.11 Å². The number of urea groups is 1. The molecule has 0 atom stereocenters. The number of aliphatic carboxylic acids is 1. The average Bonchev–Trinajstić information content (AvgIpc) is 2.25. The molecule has 0 saturated carbocycles. The number of amides is 4. The SMILES string of the molecule is C=CCN(CC(=O)O)C(=O)N1CC(=O)NC(=O)C1. The lowest BCUT2D eigenvalue weighted by Gasteiger charge is -2.30. The third-order valence-corrected chi connectivity index (χ3v) is 2.16. The molecule has 0 aliphatic carbocycles. The van der Waals surface area contributed by atoms with Gasteiger partial charge >= 0.3 is 12.0 Å². The number of carbonyl (C=O) groups is 4. The van der Waals surface area contributed by atoms with Gasteiger partial charge in [0.25, 0.3) is 0 Å². The number of imide groups is 1. The number of hydrogen-bond donors (Lipinski definition) is 2. The van der Waals surface area contributed by atoms with Crippen molar-refractivity contribution in [3.05, 3.63) is 12.7 Å². The first-order valence-corrected chi connectivity index (χ1v) is 5.13. The number of nitrogens with one attached hydrogen (secondary N) is 1. The Morgan fingerprint density at radius 3 is 2.39 bits per heavy atom. The van der Waals surface area contributed by atoms with Gasteiger partial charge in [-0.1, -0.05) is 6.08 Å². The minimum atomic E-state index is -1.18. The molecule has 0 aromatic heterocycles. The van der Waals surface area contributed by atoms with Gasteiger partial charge in [0.1, 0.15) is 19.6 Å². The van der Waals surface area contributed by atoms with Crippen LogP contribution in [0.15, 0.2) is 12.7 Å². The van der Waals surface area contributed by atoms with E-state index < -0.39 is 30.4 Å². The van der Waals surface area contributed by atoms with E-state index in [1.54, 1.807) is 0 Å². The van der Waals surface area contributed by atoms with Crippen molar-refractivity contribution in [1.82, 2.24) is 15.1 Å². The average molecular weight is 255 g/mol. The number of carboxylic acid groups (broad SMARTS) is 1. The molecule has 1 aliphatic heterocycles. The number of piperazine rings is 1. The minimum Gasteiger partial charge on any atom is -0.480 e. The fraction of sp³-hybridized carbons (Fsp3) is 0.400.